The fraction of sp³-hybridized carbons (Fsp3) is 0.467. The monoisotopic (exact) mass is 309 g/mol. The maximum Gasteiger partial charge on any atom is 0.0416 e. The van der Waals surface area contributed by atoms with Gasteiger partial charge in [-0.3, -0.25) is 0 Å². The fourth-order valence-corrected chi connectivity index (χ4v) is 5.76. The van der Waals surface area contributed by atoms with Gasteiger partial charge in [0.25, 0.3) is 0 Å². The molecule has 19 heavy (non-hydrogen) atoms. The third-order valence-corrected chi connectivity index (χ3v) is 6.89. The quantitative estimate of drug-likeness (QED) is 0.873. The summed E-state index contributed by atoms with van der Waals surface area (Å²) in [7, 11) is 2.09. The molecule has 2 aromatic rings. The lowest BCUT2D eigenvalue weighted by Crippen LogP contribution is -2.15. The molecule has 0 aliphatic carbocycles. The zero-order valence-electron chi connectivity index (χ0n) is 11.1. The van der Waals surface area contributed by atoms with Crippen LogP contribution in [0.1, 0.15) is 32.7 Å². The van der Waals surface area contributed by atoms with Crippen molar-refractivity contribution in [3.05, 3.63) is 43.8 Å². The van der Waals surface area contributed by atoms with Gasteiger partial charge in [-0.15, -0.1) is 22.7 Å². The molecule has 3 rings (SSSR count). The number of thiophene rings is 2. The van der Waals surface area contributed by atoms with E-state index in [2.05, 4.69) is 47.7 Å². The van der Waals surface area contributed by atoms with Crippen LogP contribution in [0.2, 0.25) is 0 Å². The average molecular weight is 310 g/mol. The molecule has 1 atom stereocenters. The van der Waals surface area contributed by atoms with Crippen molar-refractivity contribution in [3.63, 3.8) is 0 Å². The maximum atomic E-state index is 3.50. The van der Waals surface area contributed by atoms with E-state index in [1.54, 1.807) is 10.4 Å². The minimum absolute atomic E-state index is 0.516. The first kappa shape index (κ1) is 13.7. The molecule has 1 nitrogen and oxygen atoms in total. The van der Waals surface area contributed by atoms with E-state index < -0.39 is 0 Å². The number of nitrogens with one attached hydrogen (secondary N) is 1. The molecule has 1 aliphatic heterocycles. The molecular weight excluding hydrogens is 290 g/mol. The molecule has 0 fully saturated rings. The first-order valence-electron chi connectivity index (χ1n) is 6.75. The van der Waals surface area contributed by atoms with Crippen molar-refractivity contribution in [2.45, 2.75) is 31.1 Å². The second-order valence-corrected chi connectivity index (χ2v) is 8.16. The lowest BCUT2D eigenvalue weighted by molar-refractivity contribution is 0.560. The highest BCUT2D eigenvalue weighted by molar-refractivity contribution is 7.98. The van der Waals surface area contributed by atoms with Gasteiger partial charge in [0.1, 0.15) is 0 Å². The van der Waals surface area contributed by atoms with Crippen molar-refractivity contribution in [1.29, 1.82) is 0 Å². The van der Waals surface area contributed by atoms with Gasteiger partial charge in [0, 0.05) is 26.4 Å². The summed E-state index contributed by atoms with van der Waals surface area (Å²) in [6.07, 6.45) is 3.65. The van der Waals surface area contributed by atoms with Crippen molar-refractivity contribution in [1.82, 2.24) is 5.32 Å². The van der Waals surface area contributed by atoms with Crippen LogP contribution in [0.15, 0.2) is 23.6 Å². The minimum Gasteiger partial charge on any atom is -0.312 e. The molecule has 3 heterocycles. The molecule has 1 aliphatic rings. The van der Waals surface area contributed by atoms with Gasteiger partial charge in [0.15, 0.2) is 0 Å². The van der Waals surface area contributed by atoms with Crippen LogP contribution in [-0.2, 0) is 18.6 Å². The van der Waals surface area contributed by atoms with Crippen LogP contribution >= 0.6 is 34.4 Å². The first-order chi connectivity index (χ1) is 9.36. The summed E-state index contributed by atoms with van der Waals surface area (Å²) in [5.41, 5.74) is 1.59. The highest BCUT2D eigenvalue weighted by atomic mass is 32.2. The molecule has 0 amide bonds. The summed E-state index contributed by atoms with van der Waals surface area (Å²) in [6, 6.07) is 7.35. The number of thioether (sulfide) groups is 1. The van der Waals surface area contributed by atoms with Crippen molar-refractivity contribution in [3.8, 4) is 0 Å². The zero-order valence-corrected chi connectivity index (χ0v) is 13.6. The van der Waals surface area contributed by atoms with Crippen LogP contribution in [0.3, 0.4) is 0 Å². The van der Waals surface area contributed by atoms with Crippen molar-refractivity contribution in [2.75, 3.05) is 12.8 Å². The van der Waals surface area contributed by atoms with E-state index in [9.17, 15) is 0 Å². The molecule has 1 unspecified atom stereocenters. The largest absolute Gasteiger partial charge is 0.312 e. The molecule has 0 spiro atoms. The smallest absolute Gasteiger partial charge is 0.0416 e. The SMILES string of the molecule is CNC(CCc1cccs1)c1cc2c(s1)CCSC2. The minimum atomic E-state index is 0.516. The van der Waals surface area contributed by atoms with Crippen molar-refractivity contribution in [2.24, 2.45) is 0 Å². The summed E-state index contributed by atoms with van der Waals surface area (Å²) in [5.74, 6) is 2.51. The molecule has 0 saturated heterocycles. The van der Waals surface area contributed by atoms with Crippen LogP contribution < -0.4 is 5.32 Å². The Labute approximate surface area is 127 Å². The predicted molar refractivity (Wildman–Crippen MR) is 88.6 cm³/mol. The average Bonchev–Trinajstić information content (AvgIpc) is 3.08. The molecule has 0 radical (unpaired) electrons. The molecular formula is C15H19NS3. The van der Waals surface area contributed by atoms with E-state index in [1.165, 1.54) is 40.5 Å². The lowest BCUT2D eigenvalue weighted by Gasteiger charge is -2.13. The Morgan fingerprint density at radius 2 is 2.37 bits per heavy atom. The standard InChI is InChI=1S/C15H19NS3/c1-16-13(5-4-12-3-2-7-18-12)15-9-11-10-17-8-6-14(11)19-15/h2-3,7,9,13,16H,4-6,8,10H2,1H3. The Morgan fingerprint density at radius 3 is 3.11 bits per heavy atom. The van der Waals surface area contributed by atoms with Crippen LogP contribution in [0.4, 0.5) is 0 Å². The highest BCUT2D eigenvalue weighted by Crippen LogP contribution is 2.35. The Balaban J connectivity index is 1.69. The van der Waals surface area contributed by atoms with E-state index in [0.29, 0.717) is 6.04 Å². The fourth-order valence-electron chi connectivity index (χ4n) is 2.51. The van der Waals surface area contributed by atoms with Crippen molar-refractivity contribution < 1.29 is 0 Å². The number of fused-ring (bicyclic) bond motifs is 1. The summed E-state index contributed by atoms with van der Waals surface area (Å²) in [4.78, 5) is 4.66. The summed E-state index contributed by atoms with van der Waals surface area (Å²) in [5, 5.41) is 5.67. The van der Waals surface area contributed by atoms with Gasteiger partial charge in [-0.05, 0) is 55.1 Å². The molecule has 0 aromatic carbocycles. The molecule has 1 N–H and O–H groups in total. The van der Waals surface area contributed by atoms with Gasteiger partial charge in [0.05, 0.1) is 0 Å². The van der Waals surface area contributed by atoms with Crippen LogP contribution in [0, 0.1) is 0 Å². The van der Waals surface area contributed by atoms with Gasteiger partial charge in [0.2, 0.25) is 0 Å². The molecule has 0 saturated carbocycles. The first-order valence-corrected chi connectivity index (χ1v) is 9.61. The molecule has 102 valence electrons. The van der Waals surface area contributed by atoms with E-state index in [1.807, 2.05) is 22.7 Å². The topological polar surface area (TPSA) is 12.0 Å². The lowest BCUT2D eigenvalue weighted by atomic mass is 10.1. The number of rotatable bonds is 5. The molecule has 2 aromatic heterocycles. The maximum absolute atomic E-state index is 3.50. The number of hydrogen-bond donors (Lipinski definition) is 1. The summed E-state index contributed by atoms with van der Waals surface area (Å²) < 4.78 is 0. The van der Waals surface area contributed by atoms with Crippen molar-refractivity contribution >= 4 is 34.4 Å². The summed E-state index contributed by atoms with van der Waals surface area (Å²) in [6.45, 7) is 0. The van der Waals surface area contributed by atoms with Crippen LogP contribution in [-0.4, -0.2) is 12.8 Å². The Morgan fingerprint density at radius 1 is 1.42 bits per heavy atom. The third kappa shape index (κ3) is 3.24. The van der Waals surface area contributed by atoms with Crippen LogP contribution in [0.5, 0.6) is 0 Å². The number of aryl methyl sites for hydroxylation is 2. The second kappa shape index (κ2) is 6.44. The number of hydrogen-bond acceptors (Lipinski definition) is 4. The van der Waals surface area contributed by atoms with E-state index >= 15 is 0 Å². The predicted octanol–water partition coefficient (Wildman–Crippen LogP) is 4.49. The Hall–Kier alpha value is -0.290. The highest BCUT2D eigenvalue weighted by Gasteiger charge is 2.18. The van der Waals surface area contributed by atoms with Gasteiger partial charge < -0.3 is 5.32 Å². The van der Waals surface area contributed by atoms with E-state index in [-0.39, 0.29) is 0 Å². The second-order valence-electron chi connectivity index (χ2n) is 4.86. The summed E-state index contributed by atoms with van der Waals surface area (Å²) >= 11 is 5.97. The van der Waals surface area contributed by atoms with Gasteiger partial charge in [-0.1, -0.05) is 6.07 Å². The Bertz CT molecular complexity index is 492. The van der Waals surface area contributed by atoms with E-state index in [0.717, 1.165) is 0 Å². The van der Waals surface area contributed by atoms with Gasteiger partial charge in [-0.25, -0.2) is 0 Å². The molecule has 4 heteroatoms. The van der Waals surface area contributed by atoms with Gasteiger partial charge in [-0.2, -0.15) is 11.8 Å². The Kier molecular flexibility index (Phi) is 4.64. The normalized spacial score (nSPS) is 16.3. The van der Waals surface area contributed by atoms with Gasteiger partial charge >= 0.3 is 0 Å². The third-order valence-electron chi connectivity index (χ3n) is 3.60. The van der Waals surface area contributed by atoms with Crippen LogP contribution in [0.25, 0.3) is 0 Å². The van der Waals surface area contributed by atoms with E-state index in [4.69, 9.17) is 0 Å². The molecule has 0 bridgehead atoms. The zero-order chi connectivity index (χ0) is 13.1.